The third kappa shape index (κ3) is 3.30. The Kier molecular flexibility index (Phi) is 4.62. The number of methoxy groups -OCH3 is 1. The summed E-state index contributed by atoms with van der Waals surface area (Å²) in [4.78, 5) is 26.3. The number of fused-ring (bicyclic) bond motifs is 1. The van der Waals surface area contributed by atoms with Crippen LogP contribution < -0.4 is 0 Å². The molecule has 0 unspecified atom stereocenters. The minimum absolute atomic E-state index is 0.0679. The van der Waals surface area contributed by atoms with Crippen LogP contribution in [0.3, 0.4) is 0 Å². The molecule has 20 heavy (non-hydrogen) atoms. The molecule has 0 atom stereocenters. The number of aryl methyl sites for hydroxylation is 1. The lowest BCUT2D eigenvalue weighted by molar-refractivity contribution is -0.141. The molecule has 0 aliphatic carbocycles. The van der Waals surface area contributed by atoms with Gasteiger partial charge in [-0.3, -0.25) is 9.59 Å². The fourth-order valence-corrected chi connectivity index (χ4v) is 2.57. The first-order valence-corrected chi connectivity index (χ1v) is 6.97. The number of carbonyl (C=O) groups is 2. The number of esters is 1. The summed E-state index contributed by atoms with van der Waals surface area (Å²) in [5, 5.41) is 9.36. The second-order valence-corrected chi connectivity index (χ2v) is 4.99. The van der Waals surface area contributed by atoms with Crippen LogP contribution in [0.2, 0.25) is 0 Å². The van der Waals surface area contributed by atoms with Gasteiger partial charge in [0.15, 0.2) is 5.16 Å². The standard InChI is InChI=1S/C13H14N2O4S/c1-19-12(18)6-7-15-10-5-3-2-4-9(10)14-13(15)20-8-11(16)17/h2-5H,6-8H2,1H3,(H,16,17). The van der Waals surface area contributed by atoms with Crippen molar-refractivity contribution in [1.29, 1.82) is 0 Å². The second-order valence-electron chi connectivity index (χ2n) is 4.04. The van der Waals surface area contributed by atoms with Crippen molar-refractivity contribution in [2.75, 3.05) is 12.9 Å². The molecule has 1 aromatic carbocycles. The third-order valence-electron chi connectivity index (χ3n) is 2.71. The normalized spacial score (nSPS) is 10.7. The zero-order valence-electron chi connectivity index (χ0n) is 10.9. The van der Waals surface area contributed by atoms with Gasteiger partial charge in [-0.1, -0.05) is 23.9 Å². The summed E-state index contributed by atoms with van der Waals surface area (Å²) in [7, 11) is 1.34. The number of carboxylic acid groups (broad SMARTS) is 1. The lowest BCUT2D eigenvalue weighted by Crippen LogP contribution is -2.08. The van der Waals surface area contributed by atoms with Gasteiger partial charge < -0.3 is 14.4 Å². The monoisotopic (exact) mass is 294 g/mol. The SMILES string of the molecule is COC(=O)CCn1c(SCC(=O)O)nc2ccccc21. The predicted molar refractivity (Wildman–Crippen MR) is 74.7 cm³/mol. The Bertz CT molecular complexity index is 638. The molecule has 106 valence electrons. The van der Waals surface area contributed by atoms with Crippen LogP contribution in [0, 0.1) is 0 Å². The number of aromatic nitrogens is 2. The van der Waals surface area contributed by atoms with Crippen LogP contribution >= 0.6 is 11.8 Å². The third-order valence-corrected chi connectivity index (χ3v) is 3.67. The molecule has 0 amide bonds. The molecule has 0 saturated carbocycles. The molecule has 0 saturated heterocycles. The van der Waals surface area contributed by atoms with Crippen LogP contribution in [0.15, 0.2) is 29.4 Å². The molecule has 6 nitrogen and oxygen atoms in total. The highest BCUT2D eigenvalue weighted by molar-refractivity contribution is 7.99. The van der Waals surface area contributed by atoms with E-state index in [1.807, 2.05) is 28.8 Å². The van der Waals surface area contributed by atoms with E-state index in [4.69, 9.17) is 5.11 Å². The van der Waals surface area contributed by atoms with Crippen LogP contribution in [0.1, 0.15) is 6.42 Å². The molecular weight excluding hydrogens is 280 g/mol. The number of benzene rings is 1. The van der Waals surface area contributed by atoms with Gasteiger partial charge in [-0.15, -0.1) is 0 Å². The molecule has 1 heterocycles. The maximum absolute atomic E-state index is 11.3. The van der Waals surface area contributed by atoms with E-state index < -0.39 is 5.97 Å². The fraction of sp³-hybridized carbons (Fsp3) is 0.308. The molecule has 7 heteroatoms. The number of carbonyl (C=O) groups excluding carboxylic acids is 1. The molecule has 1 aromatic heterocycles. The van der Waals surface area contributed by atoms with E-state index in [1.54, 1.807) is 0 Å². The highest BCUT2D eigenvalue weighted by atomic mass is 32.2. The number of aliphatic carboxylic acids is 1. The van der Waals surface area contributed by atoms with Crippen molar-refractivity contribution in [3.05, 3.63) is 24.3 Å². The Morgan fingerprint density at radius 3 is 2.85 bits per heavy atom. The van der Waals surface area contributed by atoms with Crippen molar-refractivity contribution in [3.63, 3.8) is 0 Å². The smallest absolute Gasteiger partial charge is 0.313 e. The molecule has 0 aliphatic rings. The van der Waals surface area contributed by atoms with E-state index in [2.05, 4.69) is 9.72 Å². The fourth-order valence-electron chi connectivity index (χ4n) is 1.81. The lowest BCUT2D eigenvalue weighted by atomic mass is 10.3. The first kappa shape index (κ1) is 14.4. The topological polar surface area (TPSA) is 81.4 Å². The largest absolute Gasteiger partial charge is 0.481 e. The Morgan fingerprint density at radius 2 is 2.15 bits per heavy atom. The number of nitrogens with zero attached hydrogens (tertiary/aromatic N) is 2. The van der Waals surface area contributed by atoms with E-state index in [1.165, 1.54) is 7.11 Å². The van der Waals surface area contributed by atoms with Gasteiger partial charge in [0.25, 0.3) is 0 Å². The van der Waals surface area contributed by atoms with Gasteiger partial charge in [0.1, 0.15) is 0 Å². The van der Waals surface area contributed by atoms with Crippen LogP contribution in [0.4, 0.5) is 0 Å². The second kappa shape index (κ2) is 6.42. The summed E-state index contributed by atoms with van der Waals surface area (Å²) in [6, 6.07) is 7.50. The number of hydrogen-bond acceptors (Lipinski definition) is 5. The maximum Gasteiger partial charge on any atom is 0.313 e. The van der Waals surface area contributed by atoms with Crippen LogP contribution in [0.25, 0.3) is 11.0 Å². The van der Waals surface area contributed by atoms with E-state index >= 15 is 0 Å². The van der Waals surface area contributed by atoms with Crippen molar-refractivity contribution >= 4 is 34.7 Å². The van der Waals surface area contributed by atoms with Gasteiger partial charge in [0.05, 0.1) is 30.3 Å². The van der Waals surface area contributed by atoms with Gasteiger partial charge in [-0.2, -0.15) is 0 Å². The van der Waals surface area contributed by atoms with Crippen molar-refractivity contribution in [3.8, 4) is 0 Å². The highest BCUT2D eigenvalue weighted by Gasteiger charge is 2.13. The maximum atomic E-state index is 11.3. The average molecular weight is 294 g/mol. The van der Waals surface area contributed by atoms with E-state index in [0.29, 0.717) is 11.7 Å². The number of thioether (sulfide) groups is 1. The molecule has 0 bridgehead atoms. The quantitative estimate of drug-likeness (QED) is 0.646. The number of imidazole rings is 1. The molecule has 0 fully saturated rings. The highest BCUT2D eigenvalue weighted by Crippen LogP contribution is 2.24. The average Bonchev–Trinajstić information content (AvgIpc) is 2.80. The Labute approximate surface area is 119 Å². The van der Waals surface area contributed by atoms with Gasteiger partial charge in [-0.05, 0) is 12.1 Å². The minimum Gasteiger partial charge on any atom is -0.481 e. The van der Waals surface area contributed by atoms with Crippen molar-refractivity contribution in [1.82, 2.24) is 9.55 Å². The van der Waals surface area contributed by atoms with Crippen LogP contribution in [-0.4, -0.2) is 39.5 Å². The zero-order chi connectivity index (χ0) is 14.5. The Balaban J connectivity index is 2.29. The van der Waals surface area contributed by atoms with Gasteiger partial charge in [0, 0.05) is 6.54 Å². The molecule has 0 radical (unpaired) electrons. The van der Waals surface area contributed by atoms with E-state index in [9.17, 15) is 9.59 Å². The Morgan fingerprint density at radius 1 is 1.40 bits per heavy atom. The van der Waals surface area contributed by atoms with E-state index in [-0.39, 0.29) is 18.1 Å². The molecular formula is C13H14N2O4S. The molecule has 0 aliphatic heterocycles. The first-order valence-electron chi connectivity index (χ1n) is 5.98. The van der Waals surface area contributed by atoms with Crippen molar-refractivity contribution < 1.29 is 19.4 Å². The predicted octanol–water partition coefficient (Wildman–Crippen LogP) is 1.78. The van der Waals surface area contributed by atoms with Crippen molar-refractivity contribution in [2.45, 2.75) is 18.1 Å². The lowest BCUT2D eigenvalue weighted by Gasteiger charge is -2.07. The number of rotatable bonds is 6. The minimum atomic E-state index is -0.901. The summed E-state index contributed by atoms with van der Waals surface area (Å²) in [5.74, 6) is -1.28. The summed E-state index contributed by atoms with van der Waals surface area (Å²) >= 11 is 1.14. The van der Waals surface area contributed by atoms with Crippen LogP contribution in [0.5, 0.6) is 0 Å². The zero-order valence-corrected chi connectivity index (χ0v) is 11.7. The van der Waals surface area contributed by atoms with Gasteiger partial charge >= 0.3 is 11.9 Å². The molecule has 2 rings (SSSR count). The number of carboxylic acids is 1. The van der Waals surface area contributed by atoms with Crippen LogP contribution in [-0.2, 0) is 20.9 Å². The van der Waals surface area contributed by atoms with Gasteiger partial charge in [-0.25, -0.2) is 4.98 Å². The summed E-state index contributed by atoms with van der Waals surface area (Å²) in [6.07, 6.45) is 0.220. The summed E-state index contributed by atoms with van der Waals surface area (Å²) < 4.78 is 6.47. The number of hydrogen-bond donors (Lipinski definition) is 1. The molecule has 2 aromatic rings. The number of para-hydroxylation sites is 2. The van der Waals surface area contributed by atoms with E-state index in [0.717, 1.165) is 22.8 Å². The summed E-state index contributed by atoms with van der Waals surface area (Å²) in [6.45, 7) is 0.412. The first-order chi connectivity index (χ1) is 9.61. The summed E-state index contributed by atoms with van der Waals surface area (Å²) in [5.41, 5.74) is 1.66. The van der Waals surface area contributed by atoms with Crippen molar-refractivity contribution in [2.24, 2.45) is 0 Å². The molecule has 1 N–H and O–H groups in total. The molecule has 0 spiro atoms. The Hall–Kier alpha value is -2.02. The number of ether oxygens (including phenoxy) is 1. The van der Waals surface area contributed by atoms with Gasteiger partial charge in [0.2, 0.25) is 0 Å².